The third-order valence-electron chi connectivity index (χ3n) is 3.85. The second-order valence-corrected chi connectivity index (χ2v) is 5.34. The van der Waals surface area contributed by atoms with Gasteiger partial charge in [-0.05, 0) is 43.0 Å². The lowest BCUT2D eigenvalue weighted by molar-refractivity contribution is 0.0840. The molecule has 1 aromatic carbocycles. The van der Waals surface area contributed by atoms with Gasteiger partial charge in [-0.25, -0.2) is 0 Å². The molecule has 1 aromatic rings. The van der Waals surface area contributed by atoms with E-state index in [1.807, 2.05) is 0 Å². The molecule has 0 spiro atoms. The molecular formula is C17H21NO3. The number of hydrogen-bond acceptors (Lipinski definition) is 3. The van der Waals surface area contributed by atoms with Gasteiger partial charge in [0.25, 0.3) is 5.91 Å². The number of terminal acetylenes is 1. The van der Waals surface area contributed by atoms with E-state index in [1.54, 1.807) is 24.3 Å². The molecule has 1 fully saturated rings. The first-order chi connectivity index (χ1) is 10.2. The number of aliphatic hydroxyl groups excluding tert-OH is 1. The molecule has 1 unspecified atom stereocenters. The molecule has 0 aliphatic heterocycles. The van der Waals surface area contributed by atoms with Crippen LogP contribution in [0.3, 0.4) is 0 Å². The molecular weight excluding hydrogens is 266 g/mol. The molecule has 1 aliphatic rings. The Morgan fingerprint density at radius 3 is 2.67 bits per heavy atom. The monoisotopic (exact) mass is 287 g/mol. The van der Waals surface area contributed by atoms with E-state index in [0.29, 0.717) is 23.8 Å². The standard InChI is InChI=1S/C17H21NO3/c1-2-11-21-15-9-7-14(8-10-15)17(20)18-12-16(19)13-5-3-4-6-13/h1,7-10,13,16,19H,3-6,11-12H2,(H,18,20). The van der Waals surface area contributed by atoms with Crippen molar-refractivity contribution in [2.75, 3.05) is 13.2 Å². The van der Waals surface area contributed by atoms with Crippen LogP contribution in [0, 0.1) is 18.3 Å². The molecule has 1 aliphatic carbocycles. The van der Waals surface area contributed by atoms with Crippen molar-refractivity contribution in [3.8, 4) is 18.1 Å². The fourth-order valence-electron chi connectivity index (χ4n) is 2.64. The van der Waals surface area contributed by atoms with Crippen molar-refractivity contribution < 1.29 is 14.6 Å². The van der Waals surface area contributed by atoms with Gasteiger partial charge in [0.05, 0.1) is 6.10 Å². The summed E-state index contributed by atoms with van der Waals surface area (Å²) in [6, 6.07) is 6.78. The first kappa shape index (κ1) is 15.4. The smallest absolute Gasteiger partial charge is 0.251 e. The Bertz CT molecular complexity index is 498. The van der Waals surface area contributed by atoms with Gasteiger partial charge in [0.1, 0.15) is 12.4 Å². The molecule has 21 heavy (non-hydrogen) atoms. The van der Waals surface area contributed by atoms with Crippen molar-refractivity contribution in [3.05, 3.63) is 29.8 Å². The maximum absolute atomic E-state index is 12.0. The van der Waals surface area contributed by atoms with Gasteiger partial charge in [-0.15, -0.1) is 6.42 Å². The maximum Gasteiger partial charge on any atom is 0.251 e. The third kappa shape index (κ3) is 4.51. The summed E-state index contributed by atoms with van der Waals surface area (Å²) in [6.07, 6.45) is 9.12. The highest BCUT2D eigenvalue weighted by Gasteiger charge is 2.23. The molecule has 1 amide bonds. The van der Waals surface area contributed by atoms with E-state index < -0.39 is 6.10 Å². The number of hydrogen-bond donors (Lipinski definition) is 2. The van der Waals surface area contributed by atoms with Crippen LogP contribution in [0.1, 0.15) is 36.0 Å². The summed E-state index contributed by atoms with van der Waals surface area (Å²) < 4.78 is 5.25. The SMILES string of the molecule is C#CCOc1ccc(C(=O)NCC(O)C2CCCC2)cc1. The van der Waals surface area contributed by atoms with Crippen LogP contribution in [-0.2, 0) is 0 Å². The number of carbonyl (C=O) groups is 1. The van der Waals surface area contributed by atoms with E-state index in [9.17, 15) is 9.90 Å². The predicted molar refractivity (Wildman–Crippen MR) is 81.1 cm³/mol. The zero-order valence-corrected chi connectivity index (χ0v) is 12.0. The summed E-state index contributed by atoms with van der Waals surface area (Å²) >= 11 is 0. The summed E-state index contributed by atoms with van der Waals surface area (Å²) in [4.78, 5) is 12.0. The number of benzene rings is 1. The van der Waals surface area contributed by atoms with Crippen molar-refractivity contribution >= 4 is 5.91 Å². The van der Waals surface area contributed by atoms with Crippen LogP contribution in [-0.4, -0.2) is 30.3 Å². The van der Waals surface area contributed by atoms with Gasteiger partial charge >= 0.3 is 0 Å². The number of ether oxygens (including phenoxy) is 1. The molecule has 0 bridgehead atoms. The van der Waals surface area contributed by atoms with Crippen LogP contribution in [0.2, 0.25) is 0 Å². The molecule has 0 saturated heterocycles. The highest BCUT2D eigenvalue weighted by Crippen LogP contribution is 2.27. The number of amides is 1. The average molecular weight is 287 g/mol. The molecule has 0 radical (unpaired) electrons. The zero-order valence-electron chi connectivity index (χ0n) is 12.0. The van der Waals surface area contributed by atoms with E-state index in [-0.39, 0.29) is 12.5 Å². The van der Waals surface area contributed by atoms with Gasteiger partial charge < -0.3 is 15.2 Å². The molecule has 1 atom stereocenters. The summed E-state index contributed by atoms with van der Waals surface area (Å²) in [5, 5.41) is 12.8. The maximum atomic E-state index is 12.0. The molecule has 4 nitrogen and oxygen atoms in total. The third-order valence-corrected chi connectivity index (χ3v) is 3.85. The van der Waals surface area contributed by atoms with Gasteiger partial charge in [0, 0.05) is 12.1 Å². The first-order valence-electron chi connectivity index (χ1n) is 7.33. The lowest BCUT2D eigenvalue weighted by atomic mass is 10.0. The van der Waals surface area contributed by atoms with E-state index in [2.05, 4.69) is 11.2 Å². The Kier molecular flexibility index (Phi) is 5.65. The topological polar surface area (TPSA) is 58.6 Å². The van der Waals surface area contributed by atoms with Crippen molar-refractivity contribution in [2.24, 2.45) is 5.92 Å². The van der Waals surface area contributed by atoms with Gasteiger partial charge in [0.15, 0.2) is 0 Å². The second kappa shape index (κ2) is 7.70. The summed E-state index contributed by atoms with van der Waals surface area (Å²) in [7, 11) is 0. The lowest BCUT2D eigenvalue weighted by Crippen LogP contribution is -2.35. The van der Waals surface area contributed by atoms with E-state index in [4.69, 9.17) is 11.2 Å². The summed E-state index contributed by atoms with van der Waals surface area (Å²) in [5.74, 6) is 3.16. The van der Waals surface area contributed by atoms with Crippen LogP contribution in [0.4, 0.5) is 0 Å². The quantitative estimate of drug-likeness (QED) is 0.787. The second-order valence-electron chi connectivity index (χ2n) is 5.34. The predicted octanol–water partition coefficient (Wildman–Crippen LogP) is 1.98. The fraction of sp³-hybridized carbons (Fsp3) is 0.471. The minimum absolute atomic E-state index is 0.185. The summed E-state index contributed by atoms with van der Waals surface area (Å²) in [5.41, 5.74) is 0.543. The van der Waals surface area contributed by atoms with Crippen molar-refractivity contribution in [1.82, 2.24) is 5.32 Å². The largest absolute Gasteiger partial charge is 0.481 e. The Balaban J connectivity index is 1.81. The Hall–Kier alpha value is -1.99. The fourth-order valence-corrected chi connectivity index (χ4v) is 2.64. The lowest BCUT2D eigenvalue weighted by Gasteiger charge is -2.18. The number of nitrogens with one attached hydrogen (secondary N) is 1. The Labute approximate surface area is 125 Å². The average Bonchev–Trinajstić information content (AvgIpc) is 3.05. The molecule has 0 heterocycles. The Morgan fingerprint density at radius 2 is 2.05 bits per heavy atom. The summed E-state index contributed by atoms with van der Waals surface area (Å²) in [6.45, 7) is 0.512. The molecule has 2 N–H and O–H groups in total. The Morgan fingerprint density at radius 1 is 1.38 bits per heavy atom. The van der Waals surface area contributed by atoms with Gasteiger partial charge in [-0.2, -0.15) is 0 Å². The highest BCUT2D eigenvalue weighted by atomic mass is 16.5. The van der Waals surface area contributed by atoms with E-state index in [0.717, 1.165) is 12.8 Å². The van der Waals surface area contributed by atoms with Crippen molar-refractivity contribution in [2.45, 2.75) is 31.8 Å². The molecule has 4 heteroatoms. The number of carbonyl (C=O) groups excluding carboxylic acids is 1. The van der Waals surface area contributed by atoms with Crippen molar-refractivity contribution in [1.29, 1.82) is 0 Å². The minimum Gasteiger partial charge on any atom is -0.481 e. The molecule has 1 saturated carbocycles. The highest BCUT2D eigenvalue weighted by molar-refractivity contribution is 5.94. The molecule has 0 aromatic heterocycles. The molecule has 2 rings (SSSR count). The zero-order chi connectivity index (χ0) is 15.1. The van der Waals surface area contributed by atoms with Gasteiger partial charge in [0.2, 0.25) is 0 Å². The van der Waals surface area contributed by atoms with Crippen LogP contribution in [0.15, 0.2) is 24.3 Å². The van der Waals surface area contributed by atoms with Crippen LogP contribution >= 0.6 is 0 Å². The number of aliphatic hydroxyl groups is 1. The first-order valence-corrected chi connectivity index (χ1v) is 7.33. The van der Waals surface area contributed by atoms with E-state index >= 15 is 0 Å². The van der Waals surface area contributed by atoms with Crippen LogP contribution in [0.25, 0.3) is 0 Å². The molecule has 112 valence electrons. The number of rotatable bonds is 6. The normalized spacial score (nSPS) is 16.2. The van der Waals surface area contributed by atoms with Gasteiger partial charge in [-0.1, -0.05) is 18.8 Å². The van der Waals surface area contributed by atoms with Crippen LogP contribution < -0.4 is 10.1 Å². The van der Waals surface area contributed by atoms with E-state index in [1.165, 1.54) is 12.8 Å². The van der Waals surface area contributed by atoms with Crippen molar-refractivity contribution in [3.63, 3.8) is 0 Å². The van der Waals surface area contributed by atoms with Crippen LogP contribution in [0.5, 0.6) is 5.75 Å². The minimum atomic E-state index is -0.449. The van der Waals surface area contributed by atoms with Gasteiger partial charge in [-0.3, -0.25) is 4.79 Å².